The van der Waals surface area contributed by atoms with Crippen molar-refractivity contribution in [2.24, 2.45) is 0 Å². The summed E-state index contributed by atoms with van der Waals surface area (Å²) in [7, 11) is 0. The molecule has 32 heavy (non-hydrogen) atoms. The van der Waals surface area contributed by atoms with Crippen LogP contribution in [0.25, 0.3) is 22.0 Å². The number of carboxylic acid groups (broad SMARTS) is 2. The van der Waals surface area contributed by atoms with Gasteiger partial charge in [-0.05, 0) is 35.9 Å². The van der Waals surface area contributed by atoms with Gasteiger partial charge in [-0.2, -0.15) is 5.26 Å². The summed E-state index contributed by atoms with van der Waals surface area (Å²) in [4.78, 5) is 39.4. The molecular formula is C24H13N3O5. The van der Waals surface area contributed by atoms with Crippen molar-refractivity contribution in [3.8, 4) is 17.2 Å². The van der Waals surface area contributed by atoms with Gasteiger partial charge in [-0.1, -0.05) is 24.3 Å². The summed E-state index contributed by atoms with van der Waals surface area (Å²) in [6, 6.07) is 16.2. The highest BCUT2D eigenvalue weighted by Gasteiger charge is 2.31. The number of carboxylic acids is 2. The second kappa shape index (κ2) is 6.82. The third kappa shape index (κ3) is 2.73. The Bertz CT molecular complexity index is 1510. The van der Waals surface area contributed by atoms with E-state index < -0.39 is 11.9 Å². The maximum atomic E-state index is 13.4. The lowest BCUT2D eigenvalue weighted by Crippen LogP contribution is -2.12. The second-order valence-electron chi connectivity index (χ2n) is 7.31. The lowest BCUT2D eigenvalue weighted by Gasteiger charge is -2.20. The van der Waals surface area contributed by atoms with Crippen LogP contribution in [0.4, 0.5) is 11.4 Å². The summed E-state index contributed by atoms with van der Waals surface area (Å²) >= 11 is 0. The van der Waals surface area contributed by atoms with E-state index in [9.17, 15) is 29.9 Å². The SMILES string of the molecule is N#Cc1[nH]c2ccc(Nc3cc(C(=O)O)cc(C(=O)O)c3)c3c2c1-c1ccccc1C3=O. The molecule has 0 radical (unpaired) electrons. The minimum absolute atomic E-state index is 0.201. The number of hydrogen-bond acceptors (Lipinski definition) is 5. The summed E-state index contributed by atoms with van der Waals surface area (Å²) in [5.41, 5.74) is 3.19. The molecule has 0 spiro atoms. The van der Waals surface area contributed by atoms with Crippen molar-refractivity contribution in [3.63, 3.8) is 0 Å². The number of carbonyl (C=O) groups excluding carboxylic acids is 1. The molecule has 0 saturated heterocycles. The highest BCUT2D eigenvalue weighted by atomic mass is 16.4. The number of hydrogen-bond donors (Lipinski definition) is 4. The smallest absolute Gasteiger partial charge is 0.335 e. The highest BCUT2D eigenvalue weighted by Crippen LogP contribution is 2.44. The first kappa shape index (κ1) is 19.1. The van der Waals surface area contributed by atoms with Crippen LogP contribution in [0.2, 0.25) is 0 Å². The zero-order valence-electron chi connectivity index (χ0n) is 16.3. The average Bonchev–Trinajstić information content (AvgIpc) is 3.17. The largest absolute Gasteiger partial charge is 0.478 e. The molecule has 1 aromatic heterocycles. The number of ketones is 1. The van der Waals surface area contributed by atoms with Gasteiger partial charge < -0.3 is 20.5 Å². The number of aromatic amines is 1. The van der Waals surface area contributed by atoms with Gasteiger partial charge >= 0.3 is 11.9 Å². The first-order valence-corrected chi connectivity index (χ1v) is 9.50. The first-order chi connectivity index (χ1) is 15.4. The Labute approximate surface area is 180 Å². The van der Waals surface area contributed by atoms with Crippen molar-refractivity contribution in [2.75, 3.05) is 5.32 Å². The van der Waals surface area contributed by atoms with Gasteiger partial charge in [-0.15, -0.1) is 0 Å². The van der Waals surface area contributed by atoms with Gasteiger partial charge in [0.25, 0.3) is 0 Å². The quantitative estimate of drug-likeness (QED) is 0.336. The number of aromatic carboxylic acids is 2. The molecule has 0 amide bonds. The van der Waals surface area contributed by atoms with E-state index in [1.165, 1.54) is 12.1 Å². The summed E-state index contributed by atoms with van der Waals surface area (Å²) in [5.74, 6) is -2.80. The number of fused-ring (bicyclic) bond motifs is 2. The van der Waals surface area contributed by atoms with Gasteiger partial charge in [0, 0.05) is 27.7 Å². The van der Waals surface area contributed by atoms with Crippen LogP contribution < -0.4 is 5.32 Å². The maximum Gasteiger partial charge on any atom is 0.335 e. The first-order valence-electron chi connectivity index (χ1n) is 9.50. The monoisotopic (exact) mass is 423 g/mol. The zero-order chi connectivity index (χ0) is 22.6. The van der Waals surface area contributed by atoms with Crippen LogP contribution >= 0.6 is 0 Å². The standard InChI is InChI=1S/C24H13N3O5/c25-10-18-19-14-3-1-2-4-15(14)22(28)21-17(6-5-16(27-18)20(19)21)26-13-8-11(23(29)30)7-12(9-13)24(31)32/h1-9,26-27H,(H,29,30)(H,31,32). The minimum Gasteiger partial charge on any atom is -0.478 e. The van der Waals surface area contributed by atoms with E-state index in [2.05, 4.69) is 16.4 Å². The van der Waals surface area contributed by atoms with E-state index in [0.29, 0.717) is 44.5 Å². The molecule has 5 rings (SSSR count). The van der Waals surface area contributed by atoms with E-state index in [-0.39, 0.29) is 22.6 Å². The Morgan fingerprint density at radius 2 is 1.56 bits per heavy atom. The summed E-state index contributed by atoms with van der Waals surface area (Å²) in [6.45, 7) is 0. The zero-order valence-corrected chi connectivity index (χ0v) is 16.3. The van der Waals surface area contributed by atoms with Crippen LogP contribution in [0.1, 0.15) is 42.3 Å². The van der Waals surface area contributed by atoms with E-state index in [1.54, 1.807) is 36.4 Å². The number of anilines is 2. The number of nitriles is 1. The Morgan fingerprint density at radius 1 is 0.906 bits per heavy atom. The van der Waals surface area contributed by atoms with Crippen molar-refractivity contribution < 1.29 is 24.6 Å². The van der Waals surface area contributed by atoms with E-state index in [0.717, 1.165) is 6.07 Å². The van der Waals surface area contributed by atoms with Crippen LogP contribution in [-0.2, 0) is 0 Å². The number of carbonyl (C=O) groups is 3. The van der Waals surface area contributed by atoms with E-state index in [1.807, 2.05) is 0 Å². The molecule has 0 saturated carbocycles. The third-order valence-electron chi connectivity index (χ3n) is 5.45. The summed E-state index contributed by atoms with van der Waals surface area (Å²) in [5, 5.41) is 31.9. The fraction of sp³-hybridized carbons (Fsp3) is 0. The number of nitrogens with zero attached hydrogens (tertiary/aromatic N) is 1. The second-order valence-corrected chi connectivity index (χ2v) is 7.31. The van der Waals surface area contributed by atoms with Gasteiger partial charge in [0.05, 0.1) is 22.4 Å². The van der Waals surface area contributed by atoms with Crippen LogP contribution in [0.5, 0.6) is 0 Å². The molecule has 8 nitrogen and oxygen atoms in total. The fourth-order valence-corrected chi connectivity index (χ4v) is 4.12. The average molecular weight is 423 g/mol. The molecule has 1 aliphatic rings. The molecule has 4 N–H and O–H groups in total. The molecule has 8 heteroatoms. The summed E-state index contributed by atoms with van der Waals surface area (Å²) in [6.07, 6.45) is 0. The fourth-order valence-electron chi connectivity index (χ4n) is 4.12. The normalized spacial score (nSPS) is 11.7. The van der Waals surface area contributed by atoms with E-state index >= 15 is 0 Å². The lowest BCUT2D eigenvalue weighted by molar-refractivity contribution is 0.0696. The Kier molecular flexibility index (Phi) is 4.07. The van der Waals surface area contributed by atoms with Crippen LogP contribution in [0.3, 0.4) is 0 Å². The number of aromatic nitrogens is 1. The van der Waals surface area contributed by atoms with Crippen molar-refractivity contribution in [1.29, 1.82) is 5.26 Å². The summed E-state index contributed by atoms with van der Waals surface area (Å²) < 4.78 is 0. The van der Waals surface area contributed by atoms with Gasteiger partial charge in [0.2, 0.25) is 0 Å². The van der Waals surface area contributed by atoms with Gasteiger partial charge in [-0.25, -0.2) is 9.59 Å². The third-order valence-corrected chi connectivity index (χ3v) is 5.45. The maximum absolute atomic E-state index is 13.4. The molecule has 4 aromatic rings. The van der Waals surface area contributed by atoms with Crippen LogP contribution in [0, 0.1) is 11.3 Å². The van der Waals surface area contributed by atoms with Crippen molar-refractivity contribution in [3.05, 3.63) is 82.5 Å². The number of benzene rings is 3. The highest BCUT2D eigenvalue weighted by molar-refractivity contribution is 6.29. The molecule has 0 unspecified atom stereocenters. The molecule has 3 aromatic carbocycles. The Balaban J connectivity index is 1.75. The van der Waals surface area contributed by atoms with Crippen LogP contribution in [0.15, 0.2) is 54.6 Å². The van der Waals surface area contributed by atoms with Gasteiger partial charge in [-0.3, -0.25) is 4.79 Å². The van der Waals surface area contributed by atoms with Gasteiger partial charge in [0.15, 0.2) is 5.78 Å². The number of nitrogens with one attached hydrogen (secondary N) is 2. The molecule has 1 aliphatic carbocycles. The molecular weight excluding hydrogens is 410 g/mol. The topological polar surface area (TPSA) is 143 Å². The van der Waals surface area contributed by atoms with Crippen molar-refractivity contribution >= 4 is 40.0 Å². The number of rotatable bonds is 4. The molecule has 0 fully saturated rings. The minimum atomic E-state index is -1.27. The van der Waals surface area contributed by atoms with Crippen LogP contribution in [-0.4, -0.2) is 32.9 Å². The van der Waals surface area contributed by atoms with E-state index in [4.69, 9.17) is 0 Å². The predicted octanol–water partition coefficient (Wildman–Crippen LogP) is 4.39. The lowest BCUT2D eigenvalue weighted by atomic mass is 9.84. The molecule has 0 atom stereocenters. The van der Waals surface area contributed by atoms with Crippen molar-refractivity contribution in [1.82, 2.24) is 4.98 Å². The molecule has 1 heterocycles. The van der Waals surface area contributed by atoms with Crippen molar-refractivity contribution in [2.45, 2.75) is 0 Å². The Morgan fingerprint density at radius 3 is 2.19 bits per heavy atom. The molecule has 0 bridgehead atoms. The predicted molar refractivity (Wildman–Crippen MR) is 116 cm³/mol. The number of H-pyrrole nitrogens is 1. The van der Waals surface area contributed by atoms with Gasteiger partial charge in [0.1, 0.15) is 11.8 Å². The molecule has 0 aliphatic heterocycles. The Hall–Kier alpha value is -4.90. The molecule has 154 valence electrons.